The van der Waals surface area contributed by atoms with Crippen molar-refractivity contribution in [2.45, 2.75) is 38.9 Å². The van der Waals surface area contributed by atoms with Gasteiger partial charge in [-0.3, -0.25) is 0 Å². The van der Waals surface area contributed by atoms with Crippen molar-refractivity contribution in [2.24, 2.45) is 0 Å². The van der Waals surface area contributed by atoms with Gasteiger partial charge in [-0.25, -0.2) is 15.0 Å². The minimum atomic E-state index is -0.538. The first kappa shape index (κ1) is 24.7. The van der Waals surface area contributed by atoms with E-state index in [1.54, 1.807) is 0 Å². The van der Waals surface area contributed by atoms with Crippen LogP contribution in [-0.2, 0) is 9.31 Å². The molecule has 0 radical (unpaired) electrons. The average Bonchev–Trinajstić information content (AvgIpc) is 3.46. The van der Waals surface area contributed by atoms with Crippen LogP contribution in [-0.4, -0.2) is 33.3 Å². The molecule has 40 heavy (non-hydrogen) atoms. The van der Waals surface area contributed by atoms with Gasteiger partial charge >= 0.3 is 7.12 Å². The predicted octanol–water partition coefficient (Wildman–Crippen LogP) is 7.07. The van der Waals surface area contributed by atoms with Crippen LogP contribution in [0.15, 0.2) is 101 Å². The summed E-state index contributed by atoms with van der Waals surface area (Å²) in [5.74, 6) is 1.76. The third-order valence-electron chi connectivity index (χ3n) is 8.00. The molecule has 0 amide bonds. The average molecular weight is 525 g/mol. The van der Waals surface area contributed by atoms with E-state index in [1.165, 1.54) is 0 Å². The van der Waals surface area contributed by atoms with E-state index in [9.17, 15) is 0 Å². The van der Waals surface area contributed by atoms with Gasteiger partial charge in [-0.15, -0.1) is 0 Å². The summed E-state index contributed by atoms with van der Waals surface area (Å²) in [6, 6.07) is 32.1. The largest absolute Gasteiger partial charge is 0.498 e. The predicted molar refractivity (Wildman–Crippen MR) is 159 cm³/mol. The molecule has 6 aromatic rings. The molecule has 0 saturated carbocycles. The molecule has 7 heteroatoms. The standard InChI is InChI=1S/C33H28BN3O3/c1-32(2)33(3,4)40-34(39-32)26-20-12-18-24-23-17-11-19-25(27(23)38-28(24)26)31-36-29(21-13-7-5-8-14-21)35-30(37-31)22-15-9-6-10-16-22/h5-20H,1-4H3. The number of para-hydroxylation sites is 2. The zero-order valence-electron chi connectivity index (χ0n) is 22.9. The number of nitrogens with zero attached hydrogens (tertiary/aromatic N) is 3. The Balaban J connectivity index is 1.43. The van der Waals surface area contributed by atoms with E-state index in [0.29, 0.717) is 23.1 Å². The van der Waals surface area contributed by atoms with E-state index in [1.807, 2.05) is 84.9 Å². The lowest BCUT2D eigenvalue weighted by Gasteiger charge is -2.32. The lowest BCUT2D eigenvalue weighted by atomic mass is 9.78. The summed E-state index contributed by atoms with van der Waals surface area (Å²) in [6.07, 6.45) is 0. The number of rotatable bonds is 4. The molecule has 6 nitrogen and oxygen atoms in total. The maximum Gasteiger partial charge on any atom is 0.498 e. The molecule has 4 aromatic carbocycles. The van der Waals surface area contributed by atoms with E-state index >= 15 is 0 Å². The van der Waals surface area contributed by atoms with Crippen LogP contribution in [0.5, 0.6) is 0 Å². The third-order valence-corrected chi connectivity index (χ3v) is 8.00. The lowest BCUT2D eigenvalue weighted by Crippen LogP contribution is -2.41. The Morgan fingerprint density at radius 2 is 1.02 bits per heavy atom. The summed E-state index contributed by atoms with van der Waals surface area (Å²) in [5, 5.41) is 1.97. The lowest BCUT2D eigenvalue weighted by molar-refractivity contribution is 0.00578. The second-order valence-corrected chi connectivity index (χ2v) is 11.1. The Kier molecular flexibility index (Phi) is 5.63. The van der Waals surface area contributed by atoms with Crippen LogP contribution in [0.4, 0.5) is 0 Å². The van der Waals surface area contributed by atoms with Crippen molar-refractivity contribution in [2.75, 3.05) is 0 Å². The zero-order valence-corrected chi connectivity index (χ0v) is 22.9. The molecule has 0 bridgehead atoms. The van der Waals surface area contributed by atoms with E-state index in [2.05, 4.69) is 39.8 Å². The van der Waals surface area contributed by atoms with Crippen LogP contribution in [0.1, 0.15) is 27.7 Å². The van der Waals surface area contributed by atoms with E-state index in [-0.39, 0.29) is 0 Å². The van der Waals surface area contributed by atoms with Gasteiger partial charge in [0, 0.05) is 27.4 Å². The summed E-state index contributed by atoms with van der Waals surface area (Å²) in [4.78, 5) is 14.7. The second-order valence-electron chi connectivity index (χ2n) is 11.1. The molecule has 0 spiro atoms. The molecular formula is C33H28BN3O3. The first-order chi connectivity index (χ1) is 19.3. The smallest absolute Gasteiger partial charge is 0.456 e. The van der Waals surface area contributed by atoms with E-state index in [0.717, 1.165) is 38.5 Å². The number of fused-ring (bicyclic) bond motifs is 3. The number of aromatic nitrogens is 3. The fourth-order valence-corrected chi connectivity index (χ4v) is 5.10. The summed E-state index contributed by atoms with van der Waals surface area (Å²) in [5.41, 5.74) is 4.04. The normalized spacial score (nSPS) is 16.1. The second kappa shape index (κ2) is 9.12. The Hall–Kier alpha value is -4.33. The Labute approximate surface area is 233 Å². The Bertz CT molecular complexity index is 1790. The van der Waals surface area contributed by atoms with Gasteiger partial charge in [0.2, 0.25) is 0 Å². The van der Waals surface area contributed by atoms with Crippen molar-refractivity contribution in [3.8, 4) is 34.2 Å². The van der Waals surface area contributed by atoms with Crippen LogP contribution in [0.3, 0.4) is 0 Å². The van der Waals surface area contributed by atoms with Crippen LogP contribution in [0.25, 0.3) is 56.1 Å². The fourth-order valence-electron chi connectivity index (χ4n) is 5.10. The molecule has 0 aliphatic carbocycles. The van der Waals surface area contributed by atoms with Gasteiger partial charge in [0.1, 0.15) is 11.2 Å². The van der Waals surface area contributed by atoms with Crippen LogP contribution in [0, 0.1) is 0 Å². The fraction of sp³-hybridized carbons (Fsp3) is 0.182. The first-order valence-electron chi connectivity index (χ1n) is 13.5. The maximum absolute atomic E-state index is 6.65. The third kappa shape index (κ3) is 4.01. The molecule has 0 atom stereocenters. The summed E-state index contributed by atoms with van der Waals surface area (Å²) < 4.78 is 19.4. The number of furan rings is 1. The van der Waals surface area contributed by atoms with Crippen molar-refractivity contribution in [3.63, 3.8) is 0 Å². The van der Waals surface area contributed by atoms with Gasteiger partial charge in [0.25, 0.3) is 0 Å². The minimum Gasteiger partial charge on any atom is -0.456 e. The summed E-state index contributed by atoms with van der Waals surface area (Å²) >= 11 is 0. The van der Waals surface area contributed by atoms with Crippen molar-refractivity contribution in [3.05, 3.63) is 97.1 Å². The van der Waals surface area contributed by atoms with Crippen molar-refractivity contribution < 1.29 is 13.7 Å². The minimum absolute atomic E-state index is 0.455. The maximum atomic E-state index is 6.65. The summed E-state index contributed by atoms with van der Waals surface area (Å²) in [7, 11) is -0.538. The topological polar surface area (TPSA) is 70.3 Å². The molecule has 2 aromatic heterocycles. The van der Waals surface area contributed by atoms with Crippen LogP contribution in [0.2, 0.25) is 0 Å². The van der Waals surface area contributed by atoms with Gasteiger partial charge in [0.05, 0.1) is 16.8 Å². The van der Waals surface area contributed by atoms with Gasteiger partial charge in [0.15, 0.2) is 17.5 Å². The SMILES string of the molecule is CC1(C)OB(c2cccc3c2oc2c(-c4nc(-c5ccccc5)nc(-c5ccccc5)n4)cccc23)OC1(C)C. The highest BCUT2D eigenvalue weighted by Crippen LogP contribution is 2.39. The molecule has 0 unspecified atom stereocenters. The Morgan fingerprint density at radius 3 is 1.60 bits per heavy atom. The highest BCUT2D eigenvalue weighted by molar-refractivity contribution is 6.65. The van der Waals surface area contributed by atoms with Gasteiger partial charge in [-0.2, -0.15) is 0 Å². The van der Waals surface area contributed by atoms with Gasteiger partial charge in [-0.05, 0) is 33.8 Å². The highest BCUT2D eigenvalue weighted by atomic mass is 16.7. The molecule has 0 N–H and O–H groups in total. The van der Waals surface area contributed by atoms with Crippen LogP contribution < -0.4 is 5.46 Å². The van der Waals surface area contributed by atoms with E-state index < -0.39 is 18.3 Å². The number of benzene rings is 4. The number of hydrogen-bond acceptors (Lipinski definition) is 6. The molecule has 3 heterocycles. The molecule has 1 saturated heterocycles. The van der Waals surface area contributed by atoms with Crippen molar-refractivity contribution in [1.29, 1.82) is 0 Å². The first-order valence-corrected chi connectivity index (χ1v) is 13.5. The van der Waals surface area contributed by atoms with Crippen molar-refractivity contribution >= 4 is 34.5 Å². The van der Waals surface area contributed by atoms with Gasteiger partial charge in [-0.1, -0.05) is 91.0 Å². The van der Waals surface area contributed by atoms with Gasteiger partial charge < -0.3 is 13.7 Å². The van der Waals surface area contributed by atoms with Crippen molar-refractivity contribution in [1.82, 2.24) is 15.0 Å². The molecule has 196 valence electrons. The summed E-state index contributed by atoms with van der Waals surface area (Å²) in [6.45, 7) is 8.22. The molecule has 1 aliphatic heterocycles. The Morgan fingerprint density at radius 1 is 0.525 bits per heavy atom. The van der Waals surface area contributed by atoms with E-state index in [4.69, 9.17) is 28.7 Å². The van der Waals surface area contributed by atoms with Crippen LogP contribution >= 0.6 is 0 Å². The monoisotopic (exact) mass is 525 g/mol. The zero-order chi connectivity index (χ0) is 27.5. The molecule has 1 aliphatic rings. The highest BCUT2D eigenvalue weighted by Gasteiger charge is 2.52. The molecular weight excluding hydrogens is 497 g/mol. The number of hydrogen-bond donors (Lipinski definition) is 0. The quantitative estimate of drug-likeness (QED) is 0.229. The molecule has 7 rings (SSSR count). The molecule has 1 fully saturated rings.